The molecule has 8 nitrogen and oxygen atoms in total. The second kappa shape index (κ2) is 11.4. The molecule has 1 aliphatic heterocycles. The second-order valence-corrected chi connectivity index (χ2v) is 8.70. The van der Waals surface area contributed by atoms with Crippen LogP contribution in [0.1, 0.15) is 56.8 Å². The Bertz CT molecular complexity index is 947. The molecule has 0 aliphatic carbocycles. The van der Waals surface area contributed by atoms with Gasteiger partial charge in [-0.05, 0) is 57.2 Å². The summed E-state index contributed by atoms with van der Waals surface area (Å²) < 4.78 is 46.5. The number of halogens is 4. The van der Waals surface area contributed by atoms with Crippen molar-refractivity contribution >= 4 is 11.9 Å². The number of likely N-dealkylation sites (tertiary alicyclic amines) is 1. The number of aromatic nitrogens is 3. The maximum atomic E-state index is 12.9. The average molecular weight is 487 g/mol. The summed E-state index contributed by atoms with van der Waals surface area (Å²) in [4.78, 5) is 23.3. The maximum Gasteiger partial charge on any atom is 0.490 e. The first kappa shape index (κ1) is 27.2. The largest absolute Gasteiger partial charge is 0.490 e. The zero-order valence-electron chi connectivity index (χ0n) is 19.1. The molecule has 2 aromatic rings. The third-order valence-electron chi connectivity index (χ3n) is 5.37. The minimum atomic E-state index is -5.08. The fraction of sp³-hybridized carbons (Fsp3) is 0.545. The molecule has 0 unspecified atom stereocenters. The molecule has 1 amide bonds. The van der Waals surface area contributed by atoms with Crippen molar-refractivity contribution in [2.45, 2.75) is 63.7 Å². The number of carboxylic acids is 1. The molecule has 3 rings (SSSR count). The Kier molecular flexibility index (Phi) is 9.14. The van der Waals surface area contributed by atoms with Gasteiger partial charge >= 0.3 is 12.1 Å². The van der Waals surface area contributed by atoms with E-state index in [0.29, 0.717) is 6.42 Å². The molecule has 0 bridgehead atoms. The number of hydrogen-bond donors (Lipinski definition) is 2. The monoisotopic (exact) mass is 487 g/mol. The van der Waals surface area contributed by atoms with E-state index in [0.717, 1.165) is 50.0 Å². The van der Waals surface area contributed by atoms with Gasteiger partial charge < -0.3 is 15.7 Å². The van der Waals surface area contributed by atoms with Crippen molar-refractivity contribution < 1.29 is 32.3 Å². The Hall–Kier alpha value is -3.02. The van der Waals surface area contributed by atoms with Crippen molar-refractivity contribution in [1.29, 1.82) is 0 Å². The van der Waals surface area contributed by atoms with Gasteiger partial charge in [0, 0.05) is 19.5 Å². The molecule has 1 aromatic carbocycles. The van der Waals surface area contributed by atoms with E-state index in [1.807, 2.05) is 29.6 Å². The number of nitrogens with zero attached hydrogens (tertiary/aromatic N) is 4. The molecule has 2 heterocycles. The highest BCUT2D eigenvalue weighted by Gasteiger charge is 2.38. The minimum absolute atomic E-state index is 0.193. The van der Waals surface area contributed by atoms with Crippen LogP contribution in [0.4, 0.5) is 17.6 Å². The van der Waals surface area contributed by atoms with Gasteiger partial charge in [0.15, 0.2) is 0 Å². The van der Waals surface area contributed by atoms with Crippen LogP contribution in [-0.4, -0.2) is 56.1 Å². The maximum absolute atomic E-state index is 12.9. The van der Waals surface area contributed by atoms with Crippen LogP contribution in [0.25, 0.3) is 0 Å². The molecule has 1 fully saturated rings. The second-order valence-electron chi connectivity index (χ2n) is 8.70. The van der Waals surface area contributed by atoms with Gasteiger partial charge in [0.25, 0.3) is 0 Å². The highest BCUT2D eigenvalue weighted by Crippen LogP contribution is 2.24. The van der Waals surface area contributed by atoms with Gasteiger partial charge in [-0.25, -0.2) is 13.9 Å². The lowest BCUT2D eigenvalue weighted by atomic mass is 10.0. The average Bonchev–Trinajstić information content (AvgIpc) is 3.26. The van der Waals surface area contributed by atoms with Crippen molar-refractivity contribution in [3.63, 3.8) is 0 Å². The normalized spacial score (nSPS) is 15.0. The van der Waals surface area contributed by atoms with Crippen LogP contribution in [0, 0.1) is 5.82 Å². The standard InChI is InChI=1S/C20H28FN5O.C2HF3O2/c1-20(2,22)18-14-26(24-23-18)17-10-12-25(13-11-17)19(27)5-3-4-15-6-8-16(21)9-7-15;3-2(4,5)1(6)7/h6-9,14,17H,3-5,10-13,22H2,1-2H3;(H,6,7). The molecule has 12 heteroatoms. The Balaban J connectivity index is 0.000000509. The number of amides is 1. The van der Waals surface area contributed by atoms with E-state index in [1.54, 1.807) is 12.1 Å². The summed E-state index contributed by atoms with van der Waals surface area (Å²) in [6.45, 7) is 5.30. The molecule has 0 atom stereocenters. The molecule has 3 N–H and O–H groups in total. The smallest absolute Gasteiger partial charge is 0.475 e. The predicted octanol–water partition coefficient (Wildman–Crippen LogP) is 3.43. The Labute approximate surface area is 194 Å². The lowest BCUT2D eigenvalue weighted by molar-refractivity contribution is -0.192. The fourth-order valence-electron chi connectivity index (χ4n) is 3.38. The fourth-order valence-corrected chi connectivity index (χ4v) is 3.38. The zero-order valence-corrected chi connectivity index (χ0v) is 19.1. The van der Waals surface area contributed by atoms with Crippen molar-refractivity contribution in [3.05, 3.63) is 47.5 Å². The third kappa shape index (κ3) is 8.40. The minimum Gasteiger partial charge on any atom is -0.475 e. The lowest BCUT2D eigenvalue weighted by Crippen LogP contribution is -2.39. The summed E-state index contributed by atoms with van der Waals surface area (Å²) in [5, 5.41) is 15.5. The van der Waals surface area contributed by atoms with E-state index in [4.69, 9.17) is 15.6 Å². The number of carboxylic acid groups (broad SMARTS) is 1. The number of piperidine rings is 1. The van der Waals surface area contributed by atoms with Crippen molar-refractivity contribution in [1.82, 2.24) is 19.9 Å². The molecule has 1 saturated heterocycles. The van der Waals surface area contributed by atoms with Crippen LogP contribution >= 0.6 is 0 Å². The number of benzene rings is 1. The summed E-state index contributed by atoms with van der Waals surface area (Å²) in [5.41, 5.74) is 7.41. The lowest BCUT2D eigenvalue weighted by Gasteiger charge is -2.32. The van der Waals surface area contributed by atoms with Crippen LogP contribution in [-0.2, 0) is 21.5 Å². The van der Waals surface area contributed by atoms with Crippen LogP contribution in [0.15, 0.2) is 30.5 Å². The first-order valence-electron chi connectivity index (χ1n) is 10.8. The molecular weight excluding hydrogens is 458 g/mol. The molecule has 0 saturated carbocycles. The number of aryl methyl sites for hydroxylation is 1. The van der Waals surface area contributed by atoms with E-state index in [1.165, 1.54) is 12.1 Å². The number of carbonyl (C=O) groups is 2. The van der Waals surface area contributed by atoms with Crippen LogP contribution < -0.4 is 5.73 Å². The summed E-state index contributed by atoms with van der Waals surface area (Å²) in [7, 11) is 0. The summed E-state index contributed by atoms with van der Waals surface area (Å²) >= 11 is 0. The van der Waals surface area contributed by atoms with Gasteiger partial charge in [-0.15, -0.1) is 5.10 Å². The topological polar surface area (TPSA) is 114 Å². The van der Waals surface area contributed by atoms with Crippen LogP contribution in [0.5, 0.6) is 0 Å². The Morgan fingerprint density at radius 2 is 1.71 bits per heavy atom. The molecule has 0 spiro atoms. The van der Waals surface area contributed by atoms with E-state index in [9.17, 15) is 22.4 Å². The number of aliphatic carboxylic acids is 1. The highest BCUT2D eigenvalue weighted by atomic mass is 19.4. The van der Waals surface area contributed by atoms with Crippen molar-refractivity contribution in [2.24, 2.45) is 5.73 Å². The van der Waals surface area contributed by atoms with Crippen molar-refractivity contribution in [3.8, 4) is 0 Å². The Morgan fingerprint density at radius 1 is 1.15 bits per heavy atom. The zero-order chi connectivity index (χ0) is 25.5. The quantitative estimate of drug-likeness (QED) is 0.604. The molecule has 34 heavy (non-hydrogen) atoms. The summed E-state index contributed by atoms with van der Waals surface area (Å²) in [5.74, 6) is -2.79. The van der Waals surface area contributed by atoms with E-state index in [2.05, 4.69) is 10.3 Å². The Morgan fingerprint density at radius 3 is 2.18 bits per heavy atom. The van der Waals surface area contributed by atoms with Gasteiger partial charge in [-0.2, -0.15) is 13.2 Å². The SMILES string of the molecule is CC(C)(N)c1cn(C2CCN(C(=O)CCCc3ccc(F)cc3)CC2)nn1.O=C(O)C(F)(F)F. The van der Waals surface area contributed by atoms with E-state index >= 15 is 0 Å². The first-order valence-corrected chi connectivity index (χ1v) is 10.8. The first-order chi connectivity index (χ1) is 15.8. The summed E-state index contributed by atoms with van der Waals surface area (Å²) in [6, 6.07) is 6.74. The van der Waals surface area contributed by atoms with Gasteiger partial charge in [0.1, 0.15) is 11.5 Å². The number of carbonyl (C=O) groups excluding carboxylic acids is 1. The number of nitrogens with two attached hydrogens (primary N) is 1. The summed E-state index contributed by atoms with van der Waals surface area (Å²) in [6.07, 6.45) is 0.679. The molecular formula is C22H29F4N5O3. The van der Waals surface area contributed by atoms with Crippen LogP contribution in [0.2, 0.25) is 0 Å². The molecule has 1 aromatic heterocycles. The number of alkyl halides is 3. The molecule has 0 radical (unpaired) electrons. The number of hydrogen-bond acceptors (Lipinski definition) is 5. The predicted molar refractivity (Wildman–Crippen MR) is 115 cm³/mol. The van der Waals surface area contributed by atoms with Crippen LogP contribution in [0.3, 0.4) is 0 Å². The van der Waals surface area contributed by atoms with Gasteiger partial charge in [-0.3, -0.25) is 4.79 Å². The molecule has 188 valence electrons. The van der Waals surface area contributed by atoms with Gasteiger partial charge in [-0.1, -0.05) is 17.3 Å². The molecule has 1 aliphatic rings. The van der Waals surface area contributed by atoms with E-state index in [-0.39, 0.29) is 17.8 Å². The highest BCUT2D eigenvalue weighted by molar-refractivity contribution is 5.76. The van der Waals surface area contributed by atoms with Crippen molar-refractivity contribution in [2.75, 3.05) is 13.1 Å². The number of rotatable bonds is 6. The van der Waals surface area contributed by atoms with Gasteiger partial charge in [0.05, 0.1) is 17.8 Å². The van der Waals surface area contributed by atoms with E-state index < -0.39 is 17.7 Å². The van der Waals surface area contributed by atoms with Gasteiger partial charge in [0.2, 0.25) is 5.91 Å². The third-order valence-corrected chi connectivity index (χ3v) is 5.37.